The molecule has 0 unspecified atom stereocenters. The number of aromatic hydroxyl groups is 1. The average Bonchev–Trinajstić information content (AvgIpc) is 2.56. The van der Waals surface area contributed by atoms with Gasteiger partial charge in [-0.25, -0.2) is 0 Å². The Bertz CT molecular complexity index is 606. The lowest BCUT2D eigenvalue weighted by Crippen LogP contribution is -2.25. The van der Waals surface area contributed by atoms with Crippen LogP contribution >= 0.6 is 0 Å². The molecular formula is C19H23NO3. The fourth-order valence-electron chi connectivity index (χ4n) is 2.27. The van der Waals surface area contributed by atoms with E-state index in [4.69, 9.17) is 4.74 Å². The van der Waals surface area contributed by atoms with Crippen molar-refractivity contribution in [2.45, 2.75) is 26.2 Å². The number of aryl methyl sites for hydroxylation is 1. The number of phenols is 1. The smallest absolute Gasteiger partial charge is 0.220 e. The van der Waals surface area contributed by atoms with Gasteiger partial charge in [-0.2, -0.15) is 0 Å². The summed E-state index contributed by atoms with van der Waals surface area (Å²) in [5, 5.41) is 12.2. The lowest BCUT2D eigenvalue weighted by atomic mass is 10.1. The number of carbonyl (C=O) groups excluding carboxylic acids is 1. The summed E-state index contributed by atoms with van der Waals surface area (Å²) in [5.74, 6) is 1.16. The van der Waals surface area contributed by atoms with E-state index < -0.39 is 0 Å². The average molecular weight is 313 g/mol. The van der Waals surface area contributed by atoms with Gasteiger partial charge in [0, 0.05) is 13.0 Å². The predicted octanol–water partition coefficient (Wildman–Crippen LogP) is 3.08. The Morgan fingerprint density at radius 1 is 1.00 bits per heavy atom. The summed E-state index contributed by atoms with van der Waals surface area (Å²) in [6, 6.07) is 14.9. The highest BCUT2D eigenvalue weighted by Gasteiger charge is 2.03. The number of rotatable bonds is 8. The summed E-state index contributed by atoms with van der Waals surface area (Å²) in [5.41, 5.74) is 2.22. The van der Waals surface area contributed by atoms with Crippen LogP contribution in [0.5, 0.6) is 11.5 Å². The first kappa shape index (κ1) is 16.9. The van der Waals surface area contributed by atoms with Crippen LogP contribution in [0.3, 0.4) is 0 Å². The van der Waals surface area contributed by atoms with Crippen LogP contribution in [0.25, 0.3) is 0 Å². The number of phenolic OH excluding ortho intramolecular Hbond substituents is 1. The first-order valence-electron chi connectivity index (χ1n) is 7.93. The summed E-state index contributed by atoms with van der Waals surface area (Å²) in [6.45, 7) is 3.25. The van der Waals surface area contributed by atoms with Crippen molar-refractivity contribution in [3.63, 3.8) is 0 Å². The zero-order valence-electron chi connectivity index (χ0n) is 13.4. The third-order valence-corrected chi connectivity index (χ3v) is 3.55. The molecule has 2 aromatic rings. The fourth-order valence-corrected chi connectivity index (χ4v) is 2.27. The van der Waals surface area contributed by atoms with Crippen molar-refractivity contribution >= 4 is 5.91 Å². The molecule has 0 aromatic heterocycles. The van der Waals surface area contributed by atoms with Crippen molar-refractivity contribution in [3.8, 4) is 11.5 Å². The molecule has 0 aliphatic heterocycles. The van der Waals surface area contributed by atoms with Gasteiger partial charge >= 0.3 is 0 Å². The molecule has 2 aromatic carbocycles. The molecule has 0 aliphatic carbocycles. The van der Waals surface area contributed by atoms with Crippen LogP contribution in [-0.2, 0) is 17.6 Å². The quantitative estimate of drug-likeness (QED) is 0.787. The Hall–Kier alpha value is -2.49. The van der Waals surface area contributed by atoms with Crippen LogP contribution in [0.4, 0.5) is 0 Å². The van der Waals surface area contributed by atoms with Gasteiger partial charge in [0.25, 0.3) is 0 Å². The fraction of sp³-hybridized carbons (Fsp3) is 0.316. The largest absolute Gasteiger partial charge is 0.508 e. The second-order valence-corrected chi connectivity index (χ2v) is 5.34. The molecule has 0 saturated heterocycles. The third kappa shape index (κ3) is 6.02. The third-order valence-electron chi connectivity index (χ3n) is 3.55. The highest BCUT2D eigenvalue weighted by atomic mass is 16.5. The number of carbonyl (C=O) groups is 1. The number of hydrogen-bond donors (Lipinski definition) is 2. The van der Waals surface area contributed by atoms with Crippen molar-refractivity contribution in [2.24, 2.45) is 0 Å². The van der Waals surface area contributed by atoms with E-state index in [1.54, 1.807) is 12.1 Å². The molecule has 0 radical (unpaired) electrons. The van der Waals surface area contributed by atoms with E-state index in [0.717, 1.165) is 17.7 Å². The molecule has 1 amide bonds. The summed E-state index contributed by atoms with van der Waals surface area (Å²) in [7, 11) is 0. The Morgan fingerprint density at radius 2 is 1.61 bits per heavy atom. The van der Waals surface area contributed by atoms with E-state index in [-0.39, 0.29) is 11.7 Å². The molecule has 2 N–H and O–H groups in total. The number of amides is 1. The highest BCUT2D eigenvalue weighted by molar-refractivity contribution is 5.76. The van der Waals surface area contributed by atoms with E-state index in [9.17, 15) is 9.90 Å². The van der Waals surface area contributed by atoms with E-state index >= 15 is 0 Å². The van der Waals surface area contributed by atoms with Crippen molar-refractivity contribution in [1.29, 1.82) is 0 Å². The maximum atomic E-state index is 11.8. The molecule has 122 valence electrons. The highest BCUT2D eigenvalue weighted by Crippen LogP contribution is 2.12. The Kier molecular flexibility index (Phi) is 6.48. The Balaban J connectivity index is 1.67. The van der Waals surface area contributed by atoms with Gasteiger partial charge in [0.05, 0.1) is 6.61 Å². The molecule has 0 bridgehead atoms. The monoisotopic (exact) mass is 313 g/mol. The standard InChI is InChI=1S/C19H23NO3/c1-2-23-18-10-5-16(6-11-18)13-14-20-19(22)12-7-15-3-8-17(21)9-4-15/h3-6,8-11,21H,2,7,12-14H2,1H3,(H,20,22). The van der Waals surface area contributed by atoms with Crippen LogP contribution in [0, 0.1) is 0 Å². The zero-order valence-corrected chi connectivity index (χ0v) is 13.4. The van der Waals surface area contributed by atoms with Gasteiger partial charge in [0.1, 0.15) is 11.5 Å². The number of hydrogen-bond acceptors (Lipinski definition) is 3. The molecule has 23 heavy (non-hydrogen) atoms. The van der Waals surface area contributed by atoms with Crippen LogP contribution in [0.15, 0.2) is 48.5 Å². The van der Waals surface area contributed by atoms with Crippen molar-refractivity contribution < 1.29 is 14.6 Å². The molecule has 0 fully saturated rings. The van der Waals surface area contributed by atoms with E-state index in [1.807, 2.05) is 43.3 Å². The number of nitrogens with one attached hydrogen (secondary N) is 1. The van der Waals surface area contributed by atoms with E-state index in [2.05, 4.69) is 5.32 Å². The minimum absolute atomic E-state index is 0.0454. The molecule has 2 rings (SSSR count). The number of ether oxygens (including phenoxy) is 1. The lowest BCUT2D eigenvalue weighted by molar-refractivity contribution is -0.121. The minimum Gasteiger partial charge on any atom is -0.508 e. The molecule has 0 atom stereocenters. The molecule has 0 saturated carbocycles. The Labute approximate surface area is 137 Å². The summed E-state index contributed by atoms with van der Waals surface area (Å²) < 4.78 is 5.40. The molecule has 4 nitrogen and oxygen atoms in total. The van der Waals surface area contributed by atoms with Gasteiger partial charge in [0.15, 0.2) is 0 Å². The van der Waals surface area contributed by atoms with Crippen molar-refractivity contribution in [2.75, 3.05) is 13.2 Å². The number of benzene rings is 2. The maximum absolute atomic E-state index is 11.8. The second-order valence-electron chi connectivity index (χ2n) is 5.34. The summed E-state index contributed by atoms with van der Waals surface area (Å²) in [6.07, 6.45) is 1.93. The van der Waals surface area contributed by atoms with Crippen molar-refractivity contribution in [1.82, 2.24) is 5.32 Å². The van der Waals surface area contributed by atoms with Gasteiger partial charge in [-0.1, -0.05) is 24.3 Å². The first-order chi connectivity index (χ1) is 11.2. The molecular weight excluding hydrogens is 290 g/mol. The van der Waals surface area contributed by atoms with Crippen molar-refractivity contribution in [3.05, 3.63) is 59.7 Å². The second kappa shape index (κ2) is 8.83. The topological polar surface area (TPSA) is 58.6 Å². The van der Waals surface area contributed by atoms with E-state index in [1.165, 1.54) is 5.56 Å². The maximum Gasteiger partial charge on any atom is 0.220 e. The van der Waals surface area contributed by atoms with Crippen LogP contribution in [-0.4, -0.2) is 24.2 Å². The molecule has 0 heterocycles. The summed E-state index contributed by atoms with van der Waals surface area (Å²) in [4.78, 5) is 11.8. The SMILES string of the molecule is CCOc1ccc(CCNC(=O)CCc2ccc(O)cc2)cc1. The van der Waals surface area contributed by atoms with Crippen LogP contribution in [0.1, 0.15) is 24.5 Å². The minimum atomic E-state index is 0.0454. The van der Waals surface area contributed by atoms with Gasteiger partial charge in [0.2, 0.25) is 5.91 Å². The normalized spacial score (nSPS) is 10.3. The van der Waals surface area contributed by atoms with Gasteiger partial charge < -0.3 is 15.2 Å². The van der Waals surface area contributed by atoms with Crippen LogP contribution < -0.4 is 10.1 Å². The Morgan fingerprint density at radius 3 is 2.26 bits per heavy atom. The van der Waals surface area contributed by atoms with Gasteiger partial charge in [-0.05, 0) is 55.2 Å². The van der Waals surface area contributed by atoms with Crippen LogP contribution in [0.2, 0.25) is 0 Å². The van der Waals surface area contributed by atoms with Gasteiger partial charge in [-0.15, -0.1) is 0 Å². The van der Waals surface area contributed by atoms with Gasteiger partial charge in [-0.3, -0.25) is 4.79 Å². The molecule has 0 aliphatic rings. The zero-order chi connectivity index (χ0) is 16.5. The summed E-state index contributed by atoms with van der Waals surface area (Å²) >= 11 is 0. The molecule has 0 spiro atoms. The molecule has 4 heteroatoms. The lowest BCUT2D eigenvalue weighted by Gasteiger charge is -2.07. The first-order valence-corrected chi connectivity index (χ1v) is 7.93. The van der Waals surface area contributed by atoms with E-state index in [0.29, 0.717) is 26.0 Å². The predicted molar refractivity (Wildman–Crippen MR) is 90.8 cm³/mol.